The molecule has 0 unspecified atom stereocenters. The monoisotopic (exact) mass is 424 g/mol. The van der Waals surface area contributed by atoms with Gasteiger partial charge in [0.1, 0.15) is 0 Å². The molecule has 0 saturated carbocycles. The fraction of sp³-hybridized carbons (Fsp3) is 0.348. The summed E-state index contributed by atoms with van der Waals surface area (Å²) in [5.41, 5.74) is 3.87. The molecule has 2 aromatic carbocycles. The lowest BCUT2D eigenvalue weighted by molar-refractivity contribution is -0.117. The normalized spacial score (nSPS) is 15.3. The number of hydrogen-bond acceptors (Lipinski definition) is 5. The first-order valence-electron chi connectivity index (χ1n) is 10.2. The molecule has 2 heterocycles. The standard InChI is InChI=1S/C23H25ClN4O2/c1-15-3-6-17(7-4-15)22-26-23(30-27-22)18-9-11-28(12-10-18)14-21(29)25-20-8-5-16(2)13-19(20)24/h3-8,13,18H,9-12,14H2,1-2H3,(H,25,29). The van der Waals surface area contributed by atoms with Crippen molar-refractivity contribution in [1.82, 2.24) is 15.0 Å². The summed E-state index contributed by atoms with van der Waals surface area (Å²) in [6.07, 6.45) is 1.77. The second-order valence-corrected chi connectivity index (χ2v) is 8.31. The van der Waals surface area contributed by atoms with Gasteiger partial charge in [0.15, 0.2) is 0 Å². The number of benzene rings is 2. The fourth-order valence-electron chi connectivity index (χ4n) is 3.67. The van der Waals surface area contributed by atoms with E-state index in [-0.39, 0.29) is 11.8 Å². The van der Waals surface area contributed by atoms with Gasteiger partial charge in [-0.05, 0) is 57.5 Å². The van der Waals surface area contributed by atoms with Crippen LogP contribution in [0.4, 0.5) is 5.69 Å². The summed E-state index contributed by atoms with van der Waals surface area (Å²) in [6.45, 7) is 5.98. The fourth-order valence-corrected chi connectivity index (χ4v) is 3.96. The molecule has 1 N–H and O–H groups in total. The Morgan fingerprint density at radius 1 is 1.13 bits per heavy atom. The number of nitrogens with one attached hydrogen (secondary N) is 1. The number of likely N-dealkylation sites (tertiary alicyclic amines) is 1. The van der Waals surface area contributed by atoms with E-state index in [1.807, 2.05) is 49.4 Å². The number of anilines is 1. The van der Waals surface area contributed by atoms with Gasteiger partial charge in [-0.25, -0.2) is 0 Å². The average Bonchev–Trinajstić information content (AvgIpc) is 3.21. The number of halogens is 1. The zero-order valence-electron chi connectivity index (χ0n) is 17.2. The molecule has 1 aromatic heterocycles. The first-order valence-corrected chi connectivity index (χ1v) is 10.5. The molecule has 1 fully saturated rings. The van der Waals surface area contributed by atoms with Crippen LogP contribution < -0.4 is 5.32 Å². The van der Waals surface area contributed by atoms with Crippen molar-refractivity contribution in [2.45, 2.75) is 32.6 Å². The van der Waals surface area contributed by atoms with Crippen molar-refractivity contribution in [3.63, 3.8) is 0 Å². The van der Waals surface area contributed by atoms with Crippen LogP contribution in [-0.4, -0.2) is 40.6 Å². The van der Waals surface area contributed by atoms with Crippen molar-refractivity contribution < 1.29 is 9.32 Å². The zero-order chi connectivity index (χ0) is 21.1. The Kier molecular flexibility index (Phi) is 6.16. The maximum absolute atomic E-state index is 12.4. The molecule has 3 aromatic rings. The third kappa shape index (κ3) is 4.89. The number of piperidine rings is 1. The number of carbonyl (C=O) groups is 1. The lowest BCUT2D eigenvalue weighted by Gasteiger charge is -2.29. The Balaban J connectivity index is 1.30. The summed E-state index contributed by atoms with van der Waals surface area (Å²) in [5, 5.41) is 7.60. The number of nitrogens with zero attached hydrogens (tertiary/aromatic N) is 3. The van der Waals surface area contributed by atoms with Gasteiger partial charge in [-0.2, -0.15) is 4.98 Å². The van der Waals surface area contributed by atoms with Crippen LogP contribution in [-0.2, 0) is 4.79 Å². The van der Waals surface area contributed by atoms with Crippen LogP contribution in [0.25, 0.3) is 11.4 Å². The number of carbonyl (C=O) groups excluding carboxylic acids is 1. The van der Waals surface area contributed by atoms with E-state index < -0.39 is 0 Å². The minimum Gasteiger partial charge on any atom is -0.339 e. The molecule has 6 nitrogen and oxygen atoms in total. The van der Waals surface area contributed by atoms with Gasteiger partial charge >= 0.3 is 0 Å². The maximum atomic E-state index is 12.4. The quantitative estimate of drug-likeness (QED) is 0.635. The molecule has 4 rings (SSSR count). The van der Waals surface area contributed by atoms with E-state index in [4.69, 9.17) is 16.1 Å². The first kappa shape index (κ1) is 20.6. The zero-order valence-corrected chi connectivity index (χ0v) is 17.9. The summed E-state index contributed by atoms with van der Waals surface area (Å²) >= 11 is 6.21. The second kappa shape index (κ2) is 8.98. The predicted octanol–water partition coefficient (Wildman–Crippen LogP) is 4.82. The van der Waals surface area contributed by atoms with Crippen molar-refractivity contribution in [3.8, 4) is 11.4 Å². The van der Waals surface area contributed by atoms with E-state index in [0.717, 1.165) is 37.1 Å². The van der Waals surface area contributed by atoms with Gasteiger partial charge in [0.05, 0.1) is 17.3 Å². The van der Waals surface area contributed by atoms with Crippen LogP contribution in [0.1, 0.15) is 35.8 Å². The van der Waals surface area contributed by atoms with E-state index in [1.165, 1.54) is 5.56 Å². The topological polar surface area (TPSA) is 71.3 Å². The van der Waals surface area contributed by atoms with E-state index in [2.05, 4.69) is 27.3 Å². The van der Waals surface area contributed by atoms with Crippen LogP contribution in [0.2, 0.25) is 5.02 Å². The van der Waals surface area contributed by atoms with E-state index in [9.17, 15) is 4.79 Å². The van der Waals surface area contributed by atoms with Gasteiger partial charge in [0.25, 0.3) is 0 Å². The summed E-state index contributed by atoms with van der Waals surface area (Å²) in [5.74, 6) is 1.48. The Morgan fingerprint density at radius 3 is 2.53 bits per heavy atom. The molecule has 1 aliphatic heterocycles. The minimum atomic E-state index is -0.0568. The highest BCUT2D eigenvalue weighted by atomic mass is 35.5. The Bertz CT molecular complexity index is 1020. The van der Waals surface area contributed by atoms with Crippen molar-refractivity contribution in [1.29, 1.82) is 0 Å². The SMILES string of the molecule is Cc1ccc(-c2noc(C3CCN(CC(=O)Nc4ccc(C)cc4Cl)CC3)n2)cc1. The Hall–Kier alpha value is -2.70. The van der Waals surface area contributed by atoms with Crippen LogP contribution in [0, 0.1) is 13.8 Å². The number of rotatable bonds is 5. The highest BCUT2D eigenvalue weighted by Gasteiger charge is 2.26. The Morgan fingerprint density at radius 2 is 1.83 bits per heavy atom. The van der Waals surface area contributed by atoms with Crippen molar-refractivity contribution in [2.24, 2.45) is 0 Å². The molecule has 0 radical (unpaired) electrons. The highest BCUT2D eigenvalue weighted by molar-refractivity contribution is 6.33. The molecule has 156 valence electrons. The summed E-state index contributed by atoms with van der Waals surface area (Å²) < 4.78 is 5.53. The minimum absolute atomic E-state index is 0.0568. The van der Waals surface area contributed by atoms with Crippen LogP contribution in [0.15, 0.2) is 47.0 Å². The first-order chi connectivity index (χ1) is 14.5. The smallest absolute Gasteiger partial charge is 0.238 e. The molecule has 1 amide bonds. The van der Waals surface area contributed by atoms with Crippen molar-refractivity contribution in [3.05, 3.63) is 64.5 Å². The molecule has 0 atom stereocenters. The molecule has 0 spiro atoms. The molecule has 0 bridgehead atoms. The predicted molar refractivity (Wildman–Crippen MR) is 118 cm³/mol. The molecule has 30 heavy (non-hydrogen) atoms. The van der Waals surface area contributed by atoms with Crippen LogP contribution in [0.5, 0.6) is 0 Å². The van der Waals surface area contributed by atoms with Gasteiger partial charge in [-0.1, -0.05) is 52.7 Å². The van der Waals surface area contributed by atoms with Crippen molar-refractivity contribution >= 4 is 23.2 Å². The van der Waals surface area contributed by atoms with Crippen molar-refractivity contribution in [2.75, 3.05) is 25.0 Å². The summed E-state index contributed by atoms with van der Waals surface area (Å²) in [6, 6.07) is 13.7. The molecular weight excluding hydrogens is 400 g/mol. The van der Waals surface area contributed by atoms with Gasteiger partial charge in [0, 0.05) is 11.5 Å². The average molecular weight is 425 g/mol. The molecule has 0 aliphatic carbocycles. The molecule has 1 aliphatic rings. The maximum Gasteiger partial charge on any atom is 0.238 e. The molecule has 7 heteroatoms. The summed E-state index contributed by atoms with van der Waals surface area (Å²) in [4.78, 5) is 19.1. The number of amides is 1. The second-order valence-electron chi connectivity index (χ2n) is 7.90. The van der Waals surface area contributed by atoms with Gasteiger partial charge in [-0.15, -0.1) is 0 Å². The molecular formula is C23H25ClN4O2. The van der Waals surface area contributed by atoms with E-state index >= 15 is 0 Å². The van der Waals surface area contributed by atoms with Crippen LogP contribution >= 0.6 is 11.6 Å². The lowest BCUT2D eigenvalue weighted by atomic mass is 9.97. The number of aryl methyl sites for hydroxylation is 2. The Labute approximate surface area is 181 Å². The summed E-state index contributed by atoms with van der Waals surface area (Å²) in [7, 11) is 0. The number of aromatic nitrogens is 2. The van der Waals surface area contributed by atoms with Gasteiger partial charge in [-0.3, -0.25) is 9.69 Å². The van der Waals surface area contributed by atoms with Crippen LogP contribution in [0.3, 0.4) is 0 Å². The highest BCUT2D eigenvalue weighted by Crippen LogP contribution is 2.29. The van der Waals surface area contributed by atoms with E-state index in [1.54, 1.807) is 0 Å². The van der Waals surface area contributed by atoms with Gasteiger partial charge in [0.2, 0.25) is 17.6 Å². The largest absolute Gasteiger partial charge is 0.339 e. The third-order valence-electron chi connectivity index (χ3n) is 5.45. The third-order valence-corrected chi connectivity index (χ3v) is 5.77. The lowest BCUT2D eigenvalue weighted by Crippen LogP contribution is -2.38. The molecule has 1 saturated heterocycles. The van der Waals surface area contributed by atoms with Gasteiger partial charge < -0.3 is 9.84 Å². The number of hydrogen-bond donors (Lipinski definition) is 1. The van der Waals surface area contributed by atoms with E-state index in [0.29, 0.717) is 29.0 Å².